The van der Waals surface area contributed by atoms with E-state index in [2.05, 4.69) is 24.9 Å². The van der Waals surface area contributed by atoms with Gasteiger partial charge in [-0.15, -0.1) is 0 Å². The van der Waals surface area contributed by atoms with Crippen molar-refractivity contribution >= 4 is 5.69 Å². The predicted molar refractivity (Wildman–Crippen MR) is 73.5 cm³/mol. The van der Waals surface area contributed by atoms with Crippen molar-refractivity contribution in [2.75, 3.05) is 38.3 Å². The first-order valence-corrected chi connectivity index (χ1v) is 6.55. The van der Waals surface area contributed by atoms with Gasteiger partial charge in [0, 0.05) is 25.3 Å². The number of nitrogens with zero attached hydrogens (tertiary/aromatic N) is 1. The predicted octanol–water partition coefficient (Wildman–Crippen LogP) is 1.88. The Kier molecular flexibility index (Phi) is 4.31. The van der Waals surface area contributed by atoms with Crippen LogP contribution in [0, 0.1) is 5.92 Å². The molecule has 0 aliphatic carbocycles. The number of benzene rings is 1. The number of rotatable bonds is 5. The van der Waals surface area contributed by atoms with Crippen LogP contribution in [0.3, 0.4) is 0 Å². The molecule has 4 nitrogen and oxygen atoms in total. The third-order valence-corrected chi connectivity index (χ3v) is 3.41. The van der Waals surface area contributed by atoms with E-state index < -0.39 is 0 Å². The van der Waals surface area contributed by atoms with Gasteiger partial charge in [-0.05, 0) is 24.6 Å². The summed E-state index contributed by atoms with van der Waals surface area (Å²) in [6, 6.07) is 6.08. The summed E-state index contributed by atoms with van der Waals surface area (Å²) >= 11 is 0. The van der Waals surface area contributed by atoms with Gasteiger partial charge in [0.15, 0.2) is 11.5 Å². The monoisotopic (exact) mass is 250 g/mol. The maximum absolute atomic E-state index is 5.75. The van der Waals surface area contributed by atoms with Gasteiger partial charge < -0.3 is 20.1 Å². The van der Waals surface area contributed by atoms with Crippen molar-refractivity contribution < 1.29 is 9.47 Å². The molecule has 1 aromatic rings. The number of hydrogen-bond acceptors (Lipinski definition) is 4. The standard InChI is InChI=1S/C14H22N2O2/c1-3-11(9-15)10-16(2)12-4-5-13-14(8-12)18-7-6-17-13/h4-5,8,11H,3,6-7,9-10,15H2,1-2H3. The van der Waals surface area contributed by atoms with E-state index in [0.717, 1.165) is 36.7 Å². The molecule has 0 saturated heterocycles. The molecule has 1 heterocycles. The molecule has 2 rings (SSSR count). The lowest BCUT2D eigenvalue weighted by Gasteiger charge is -2.26. The molecule has 100 valence electrons. The van der Waals surface area contributed by atoms with Crippen molar-refractivity contribution in [1.29, 1.82) is 0 Å². The van der Waals surface area contributed by atoms with Crippen LogP contribution in [0.4, 0.5) is 5.69 Å². The lowest BCUT2D eigenvalue weighted by molar-refractivity contribution is 0.171. The summed E-state index contributed by atoms with van der Waals surface area (Å²) in [5, 5.41) is 0. The van der Waals surface area contributed by atoms with Gasteiger partial charge in [-0.1, -0.05) is 13.3 Å². The Hall–Kier alpha value is -1.42. The molecular weight excluding hydrogens is 228 g/mol. The van der Waals surface area contributed by atoms with Crippen LogP contribution in [0.1, 0.15) is 13.3 Å². The lowest BCUT2D eigenvalue weighted by Crippen LogP contribution is -2.29. The molecule has 1 atom stereocenters. The second kappa shape index (κ2) is 5.96. The molecule has 0 fully saturated rings. The van der Waals surface area contributed by atoms with Gasteiger partial charge in [0.05, 0.1) is 0 Å². The Labute approximate surface area is 109 Å². The maximum atomic E-state index is 5.75. The van der Waals surface area contributed by atoms with E-state index in [1.165, 1.54) is 0 Å². The Morgan fingerprint density at radius 1 is 1.28 bits per heavy atom. The molecule has 1 aromatic carbocycles. The SMILES string of the molecule is CCC(CN)CN(C)c1ccc2c(c1)OCCO2. The first-order chi connectivity index (χ1) is 8.74. The maximum Gasteiger partial charge on any atom is 0.163 e. The van der Waals surface area contributed by atoms with E-state index in [1.54, 1.807) is 0 Å². The highest BCUT2D eigenvalue weighted by Gasteiger charge is 2.14. The number of anilines is 1. The fraction of sp³-hybridized carbons (Fsp3) is 0.571. The quantitative estimate of drug-likeness (QED) is 0.867. The zero-order valence-corrected chi connectivity index (χ0v) is 11.2. The molecule has 4 heteroatoms. The summed E-state index contributed by atoms with van der Waals surface area (Å²) in [7, 11) is 2.09. The third kappa shape index (κ3) is 2.88. The highest BCUT2D eigenvalue weighted by molar-refractivity contribution is 5.56. The van der Waals surface area contributed by atoms with Gasteiger partial charge >= 0.3 is 0 Å². The van der Waals surface area contributed by atoms with Crippen molar-refractivity contribution in [3.8, 4) is 11.5 Å². The second-order valence-corrected chi connectivity index (χ2v) is 4.72. The van der Waals surface area contributed by atoms with Crippen LogP contribution in [-0.2, 0) is 0 Å². The van der Waals surface area contributed by atoms with Crippen LogP contribution >= 0.6 is 0 Å². The molecule has 0 bridgehead atoms. The largest absolute Gasteiger partial charge is 0.486 e. The van der Waals surface area contributed by atoms with Crippen molar-refractivity contribution in [3.05, 3.63) is 18.2 Å². The molecule has 1 aliphatic rings. The first-order valence-electron chi connectivity index (χ1n) is 6.55. The summed E-state index contributed by atoms with van der Waals surface area (Å²) in [4.78, 5) is 2.22. The number of ether oxygens (including phenoxy) is 2. The van der Waals surface area contributed by atoms with Crippen LogP contribution in [0.5, 0.6) is 11.5 Å². The van der Waals surface area contributed by atoms with Crippen molar-refractivity contribution in [2.45, 2.75) is 13.3 Å². The van der Waals surface area contributed by atoms with Crippen LogP contribution in [0.15, 0.2) is 18.2 Å². The molecule has 1 unspecified atom stereocenters. The highest BCUT2D eigenvalue weighted by Crippen LogP contribution is 2.33. The summed E-state index contributed by atoms with van der Waals surface area (Å²) in [5.74, 6) is 2.21. The second-order valence-electron chi connectivity index (χ2n) is 4.72. The van der Waals surface area contributed by atoms with E-state index in [9.17, 15) is 0 Å². The van der Waals surface area contributed by atoms with Crippen molar-refractivity contribution in [2.24, 2.45) is 11.7 Å². The van der Waals surface area contributed by atoms with Crippen LogP contribution < -0.4 is 20.1 Å². The van der Waals surface area contributed by atoms with E-state index in [1.807, 2.05) is 12.1 Å². The molecule has 0 radical (unpaired) electrons. The zero-order valence-electron chi connectivity index (χ0n) is 11.2. The molecule has 2 N–H and O–H groups in total. The van der Waals surface area contributed by atoms with E-state index >= 15 is 0 Å². The Morgan fingerprint density at radius 3 is 2.67 bits per heavy atom. The van der Waals surface area contributed by atoms with Crippen LogP contribution in [-0.4, -0.2) is 33.4 Å². The van der Waals surface area contributed by atoms with Crippen LogP contribution in [0.2, 0.25) is 0 Å². The van der Waals surface area contributed by atoms with Gasteiger partial charge in [-0.25, -0.2) is 0 Å². The number of fused-ring (bicyclic) bond motifs is 1. The number of nitrogens with two attached hydrogens (primary N) is 1. The Bertz CT molecular complexity index is 391. The highest BCUT2D eigenvalue weighted by atomic mass is 16.6. The molecule has 0 amide bonds. The zero-order chi connectivity index (χ0) is 13.0. The van der Waals surface area contributed by atoms with E-state index in [-0.39, 0.29) is 0 Å². The molecule has 18 heavy (non-hydrogen) atoms. The normalized spacial score (nSPS) is 15.3. The summed E-state index contributed by atoms with van der Waals surface area (Å²) in [6.45, 7) is 5.13. The molecule has 0 spiro atoms. The fourth-order valence-electron chi connectivity index (χ4n) is 2.13. The van der Waals surface area contributed by atoms with E-state index in [0.29, 0.717) is 19.1 Å². The number of hydrogen-bond donors (Lipinski definition) is 1. The van der Waals surface area contributed by atoms with E-state index in [4.69, 9.17) is 15.2 Å². The molecule has 0 aromatic heterocycles. The third-order valence-electron chi connectivity index (χ3n) is 3.41. The van der Waals surface area contributed by atoms with Gasteiger partial charge in [-0.2, -0.15) is 0 Å². The average molecular weight is 250 g/mol. The van der Waals surface area contributed by atoms with Crippen molar-refractivity contribution in [1.82, 2.24) is 0 Å². The van der Waals surface area contributed by atoms with Crippen molar-refractivity contribution in [3.63, 3.8) is 0 Å². The minimum Gasteiger partial charge on any atom is -0.486 e. The summed E-state index contributed by atoms with van der Waals surface area (Å²) in [5.41, 5.74) is 6.89. The summed E-state index contributed by atoms with van der Waals surface area (Å²) < 4.78 is 11.1. The van der Waals surface area contributed by atoms with Gasteiger partial charge in [0.2, 0.25) is 0 Å². The average Bonchev–Trinajstić information content (AvgIpc) is 2.44. The van der Waals surface area contributed by atoms with Gasteiger partial charge in [-0.3, -0.25) is 0 Å². The minimum absolute atomic E-state index is 0.531. The Balaban J connectivity index is 2.08. The topological polar surface area (TPSA) is 47.7 Å². The fourth-order valence-corrected chi connectivity index (χ4v) is 2.13. The first kappa shape index (κ1) is 13.0. The van der Waals surface area contributed by atoms with Gasteiger partial charge in [0.1, 0.15) is 13.2 Å². The molecule has 1 aliphatic heterocycles. The molecule has 0 saturated carbocycles. The lowest BCUT2D eigenvalue weighted by atomic mass is 10.1. The minimum atomic E-state index is 0.531. The Morgan fingerprint density at radius 2 is 2.00 bits per heavy atom. The smallest absolute Gasteiger partial charge is 0.163 e. The molecular formula is C14H22N2O2. The van der Waals surface area contributed by atoms with Crippen LogP contribution in [0.25, 0.3) is 0 Å². The van der Waals surface area contributed by atoms with Gasteiger partial charge in [0.25, 0.3) is 0 Å². The summed E-state index contributed by atoms with van der Waals surface area (Å²) in [6.07, 6.45) is 1.10.